The second-order valence-corrected chi connectivity index (χ2v) is 19.2. The number of nitrogens with zero attached hydrogens (tertiary/aromatic N) is 8. The number of rotatable bonds is 9. The Morgan fingerprint density at radius 2 is 1.50 bits per heavy atom. The summed E-state index contributed by atoms with van der Waals surface area (Å²) in [7, 11) is 0. The Hall–Kier alpha value is -7.53. The molecule has 0 aliphatic carbocycles. The molecule has 0 radical (unpaired) electrons. The minimum atomic E-state index is -0.594. The number of hydrogen-bond acceptors (Lipinski definition) is 10. The Morgan fingerprint density at radius 3 is 2.29 bits per heavy atom. The quantitative estimate of drug-likeness (QED) is 0.0948. The molecular formula is C57H55N9O4. The number of fused-ring (bicyclic) bond motifs is 3. The maximum absolute atomic E-state index is 13.6. The first-order chi connectivity index (χ1) is 34.3. The van der Waals surface area contributed by atoms with E-state index in [0.717, 1.165) is 114 Å². The Kier molecular flexibility index (Phi) is 12.7. The van der Waals surface area contributed by atoms with Crippen LogP contribution in [0.15, 0.2) is 109 Å². The van der Waals surface area contributed by atoms with E-state index in [-0.39, 0.29) is 30.0 Å². The van der Waals surface area contributed by atoms with E-state index in [9.17, 15) is 19.2 Å². The molecule has 0 saturated carbocycles. The molecule has 1 N–H and O–H groups in total. The lowest BCUT2D eigenvalue weighted by Gasteiger charge is -2.39. The first kappa shape index (κ1) is 44.9. The van der Waals surface area contributed by atoms with Crippen LogP contribution in [0.1, 0.15) is 79.9 Å². The summed E-state index contributed by atoms with van der Waals surface area (Å²) in [6.07, 6.45) is 11.6. The van der Waals surface area contributed by atoms with Crippen LogP contribution in [0.5, 0.6) is 0 Å². The lowest BCUT2D eigenvalue weighted by molar-refractivity contribution is -0.136. The molecule has 3 fully saturated rings. The van der Waals surface area contributed by atoms with Gasteiger partial charge in [0.15, 0.2) is 5.82 Å². The summed E-state index contributed by atoms with van der Waals surface area (Å²) >= 11 is 0. The van der Waals surface area contributed by atoms with E-state index in [1.54, 1.807) is 4.90 Å². The molecule has 2 aromatic heterocycles. The minimum absolute atomic E-state index is 0.00316. The Balaban J connectivity index is 0.600. The molecular weight excluding hydrogens is 875 g/mol. The number of amides is 4. The first-order valence-corrected chi connectivity index (χ1v) is 24.6. The molecule has 0 spiro atoms. The van der Waals surface area contributed by atoms with Crippen LogP contribution in [0.3, 0.4) is 0 Å². The molecule has 1 unspecified atom stereocenters. The number of carbonyl (C=O) groups is 4. The number of anilines is 1. The van der Waals surface area contributed by atoms with Crippen molar-refractivity contribution >= 4 is 52.4 Å². The van der Waals surface area contributed by atoms with Crippen LogP contribution in [-0.4, -0.2) is 123 Å². The molecule has 352 valence electrons. The molecule has 6 aromatic rings. The standard InChI is InChI=1S/C57H55N9O4/c67-53-20-19-52(55(68)61-53)66-37-47-33-48(17-18-49(47)57(66)70)64-30-28-63(29-31-64)36-42-21-25-62(26-22-42)24-3-4-39-7-9-40(10-8-39)11-12-41-13-15-43(16-14-41)56(69)65-27-23-45-34-59-54(60-51(45)38-65)46-32-44-5-1-2-6-50(44)58-35-46/h1-2,5-18,32-35,42,52H,19-31,36-38H2,(H,61,67,68)/b12-11+. The van der Waals surface area contributed by atoms with Crippen molar-refractivity contribution in [1.29, 1.82) is 0 Å². The van der Waals surface area contributed by atoms with Gasteiger partial charge in [-0.2, -0.15) is 0 Å². The van der Waals surface area contributed by atoms with Gasteiger partial charge in [0.2, 0.25) is 11.8 Å². The van der Waals surface area contributed by atoms with E-state index >= 15 is 0 Å². The number of nitrogens with one attached hydrogen (secondary N) is 1. The average molecular weight is 930 g/mol. The van der Waals surface area contributed by atoms with Crippen LogP contribution in [0.25, 0.3) is 34.4 Å². The Morgan fingerprint density at radius 1 is 0.729 bits per heavy atom. The third kappa shape index (κ3) is 9.83. The highest BCUT2D eigenvalue weighted by atomic mass is 16.2. The lowest BCUT2D eigenvalue weighted by atomic mass is 9.96. The molecule has 4 amide bonds. The summed E-state index contributed by atoms with van der Waals surface area (Å²) in [5, 5.41) is 3.42. The van der Waals surface area contributed by atoms with E-state index in [2.05, 4.69) is 90.4 Å². The van der Waals surface area contributed by atoms with Gasteiger partial charge in [-0.25, -0.2) is 9.97 Å². The van der Waals surface area contributed by atoms with E-state index in [1.807, 2.05) is 78.0 Å². The number of para-hydroxylation sites is 1. The summed E-state index contributed by atoms with van der Waals surface area (Å²) in [5.74, 6) is 7.30. The molecule has 13 heteroatoms. The van der Waals surface area contributed by atoms with Crippen molar-refractivity contribution in [1.82, 2.24) is 39.9 Å². The van der Waals surface area contributed by atoms with E-state index in [4.69, 9.17) is 4.98 Å². The lowest BCUT2D eigenvalue weighted by Crippen LogP contribution is -2.52. The number of hydrogen-bond donors (Lipinski definition) is 1. The van der Waals surface area contributed by atoms with Crippen molar-refractivity contribution in [3.8, 4) is 23.2 Å². The largest absolute Gasteiger partial charge is 0.369 e. The summed E-state index contributed by atoms with van der Waals surface area (Å²) in [5.41, 5.74) is 10.2. The number of aromatic nitrogens is 3. The molecule has 3 saturated heterocycles. The van der Waals surface area contributed by atoms with Gasteiger partial charge in [0.25, 0.3) is 11.8 Å². The van der Waals surface area contributed by atoms with E-state index in [1.165, 1.54) is 12.8 Å². The number of piperazine rings is 1. The third-order valence-corrected chi connectivity index (χ3v) is 14.6. The SMILES string of the molecule is O=C1CCC(N2Cc3cc(N4CCN(CC5CCN(CC#Cc6ccc(/C=C/c7ccc(C(=O)N8CCc9cnc(-c%10cnc%11ccccc%11c%10)nc9C8)cc7)cc6)CC5)CC4)ccc3C2=O)C(=O)N1. The van der Waals surface area contributed by atoms with Gasteiger partial charge in [0.05, 0.1) is 24.3 Å². The van der Waals surface area contributed by atoms with Crippen LogP contribution in [0.2, 0.25) is 0 Å². The molecule has 4 aromatic carbocycles. The molecule has 13 nitrogen and oxygen atoms in total. The number of pyridine rings is 1. The third-order valence-electron chi connectivity index (χ3n) is 14.6. The fraction of sp³-hybridized carbons (Fsp3) is 0.316. The first-order valence-electron chi connectivity index (χ1n) is 24.6. The zero-order valence-corrected chi connectivity index (χ0v) is 39.2. The van der Waals surface area contributed by atoms with Crippen LogP contribution in [-0.2, 0) is 29.1 Å². The van der Waals surface area contributed by atoms with Crippen molar-refractivity contribution in [3.05, 3.63) is 154 Å². The summed E-state index contributed by atoms with van der Waals surface area (Å²) < 4.78 is 0. The highest BCUT2D eigenvalue weighted by molar-refractivity contribution is 6.05. The highest BCUT2D eigenvalue weighted by Gasteiger charge is 2.39. The van der Waals surface area contributed by atoms with Gasteiger partial charge < -0.3 is 14.7 Å². The van der Waals surface area contributed by atoms with Gasteiger partial charge in [0, 0.05) is 98.0 Å². The van der Waals surface area contributed by atoms with Gasteiger partial charge in [-0.15, -0.1) is 0 Å². The van der Waals surface area contributed by atoms with Crippen LogP contribution in [0.4, 0.5) is 5.69 Å². The number of likely N-dealkylation sites (tertiary alicyclic amines) is 1. The zero-order chi connectivity index (χ0) is 47.6. The maximum atomic E-state index is 13.6. The monoisotopic (exact) mass is 929 g/mol. The highest BCUT2D eigenvalue weighted by Crippen LogP contribution is 2.32. The fourth-order valence-electron chi connectivity index (χ4n) is 10.5. The number of imide groups is 1. The summed E-state index contributed by atoms with van der Waals surface area (Å²) in [4.78, 5) is 75.9. The average Bonchev–Trinajstić information content (AvgIpc) is 3.73. The second-order valence-electron chi connectivity index (χ2n) is 19.2. The van der Waals surface area contributed by atoms with Crippen molar-refractivity contribution < 1.29 is 19.2 Å². The van der Waals surface area contributed by atoms with Crippen LogP contribution < -0.4 is 10.2 Å². The van der Waals surface area contributed by atoms with Crippen molar-refractivity contribution in [2.24, 2.45) is 5.92 Å². The van der Waals surface area contributed by atoms with Crippen LogP contribution in [0, 0.1) is 17.8 Å². The van der Waals surface area contributed by atoms with Crippen LogP contribution >= 0.6 is 0 Å². The fourth-order valence-corrected chi connectivity index (χ4v) is 10.5. The zero-order valence-electron chi connectivity index (χ0n) is 39.2. The summed E-state index contributed by atoms with van der Waals surface area (Å²) in [6.45, 7) is 9.39. The number of benzene rings is 4. The van der Waals surface area contributed by atoms with E-state index < -0.39 is 6.04 Å². The van der Waals surface area contributed by atoms with Gasteiger partial charge in [-0.05, 0) is 122 Å². The Labute approximate surface area is 408 Å². The predicted molar refractivity (Wildman–Crippen MR) is 270 cm³/mol. The molecule has 7 heterocycles. The minimum Gasteiger partial charge on any atom is -0.369 e. The smallest absolute Gasteiger partial charge is 0.255 e. The van der Waals surface area contributed by atoms with Gasteiger partial charge in [-0.3, -0.25) is 39.3 Å². The number of carbonyl (C=O) groups excluding carboxylic acids is 4. The molecule has 70 heavy (non-hydrogen) atoms. The van der Waals surface area contributed by atoms with Crippen molar-refractivity contribution in [2.75, 3.05) is 63.8 Å². The predicted octanol–water partition coefficient (Wildman–Crippen LogP) is 6.71. The topological polar surface area (TPSA) is 135 Å². The normalized spacial score (nSPS) is 19.0. The molecule has 5 aliphatic rings. The number of piperidine rings is 2. The van der Waals surface area contributed by atoms with Crippen molar-refractivity contribution in [2.45, 2.75) is 51.2 Å². The summed E-state index contributed by atoms with van der Waals surface area (Å²) in [6, 6.07) is 31.6. The maximum Gasteiger partial charge on any atom is 0.255 e. The van der Waals surface area contributed by atoms with E-state index in [0.29, 0.717) is 48.9 Å². The van der Waals surface area contributed by atoms with Crippen molar-refractivity contribution in [3.63, 3.8) is 0 Å². The van der Waals surface area contributed by atoms with Gasteiger partial charge in [0.1, 0.15) is 6.04 Å². The molecule has 0 bridgehead atoms. The Bertz CT molecular complexity index is 3070. The molecule has 5 aliphatic heterocycles. The van der Waals surface area contributed by atoms with Gasteiger partial charge in [-0.1, -0.05) is 66.5 Å². The molecule has 11 rings (SSSR count). The second kappa shape index (κ2) is 19.8. The molecule has 1 atom stereocenters. The van der Waals surface area contributed by atoms with Gasteiger partial charge >= 0.3 is 0 Å².